The Labute approximate surface area is 211 Å². The Hall–Kier alpha value is -4.16. The topological polar surface area (TPSA) is 144 Å². The number of nitro benzene ring substituents is 1. The Bertz CT molecular complexity index is 1270. The van der Waals surface area contributed by atoms with Crippen molar-refractivity contribution in [3.8, 4) is 0 Å². The van der Waals surface area contributed by atoms with Gasteiger partial charge in [0.05, 0.1) is 36.5 Å². The lowest BCUT2D eigenvalue weighted by Crippen LogP contribution is -2.37. The van der Waals surface area contributed by atoms with Gasteiger partial charge in [0.25, 0.3) is 5.69 Å². The molecule has 0 bridgehead atoms. The molecule has 3 rings (SSSR count). The Morgan fingerprint density at radius 2 is 1.81 bits per heavy atom. The highest BCUT2D eigenvalue weighted by atomic mass is 32.2. The van der Waals surface area contributed by atoms with Crippen LogP contribution in [-0.4, -0.2) is 66.4 Å². The fraction of sp³-hybridized carbons (Fsp3) is 0.208. The molecule has 188 valence electrons. The molecule has 2 N–H and O–H groups in total. The van der Waals surface area contributed by atoms with Gasteiger partial charge in [-0.25, -0.2) is 9.59 Å². The first-order chi connectivity index (χ1) is 17.2. The normalized spacial score (nSPS) is 15.6. The van der Waals surface area contributed by atoms with Gasteiger partial charge in [0.1, 0.15) is 16.1 Å². The quantitative estimate of drug-likeness (QED) is 0.232. The highest BCUT2D eigenvalue weighted by Gasteiger charge is 2.38. The number of nitrogens with zero attached hydrogens (tertiary/aromatic N) is 3. The van der Waals surface area contributed by atoms with Crippen LogP contribution >= 0.6 is 11.8 Å². The number of likely N-dealkylation sites (N-methyl/N-ethyl adjacent to an activating group) is 1. The number of ether oxygens (including phenoxy) is 2. The van der Waals surface area contributed by atoms with Crippen LogP contribution in [-0.2, 0) is 19.1 Å². The van der Waals surface area contributed by atoms with E-state index in [1.165, 1.54) is 32.4 Å². The smallest absolute Gasteiger partial charge is 0.345 e. The number of aliphatic imine (C=N–C) groups is 1. The lowest BCUT2D eigenvalue weighted by molar-refractivity contribution is -0.385. The first-order valence-corrected chi connectivity index (χ1v) is 11.3. The number of methoxy groups -OCH3 is 2. The van der Waals surface area contributed by atoms with Gasteiger partial charge in [0, 0.05) is 23.0 Å². The first-order valence-electron chi connectivity index (χ1n) is 10.5. The maximum absolute atomic E-state index is 12.7. The van der Waals surface area contributed by atoms with Gasteiger partial charge < -0.3 is 19.9 Å². The third kappa shape index (κ3) is 5.39. The standard InChI is InChI=1S/C24H24N4O7S/c1-27(2)21-19(23(30)34-3)20(24(31)35-4)36-22(26-21)18-15(12-13-29)17(28(32)33)11-10-16(18)25-14-8-6-5-7-9-14/h5-13,21,25,29H,1-4H3. The highest BCUT2D eigenvalue weighted by molar-refractivity contribution is 8.18. The molecule has 2 aromatic carbocycles. The van der Waals surface area contributed by atoms with Crippen molar-refractivity contribution in [1.82, 2.24) is 4.90 Å². The zero-order valence-electron chi connectivity index (χ0n) is 19.9. The second-order valence-electron chi connectivity index (χ2n) is 7.58. The maximum Gasteiger partial charge on any atom is 0.345 e. The van der Waals surface area contributed by atoms with Crippen molar-refractivity contribution in [3.63, 3.8) is 0 Å². The molecule has 0 saturated carbocycles. The van der Waals surface area contributed by atoms with Gasteiger partial charge in [0.15, 0.2) is 0 Å². The molecule has 36 heavy (non-hydrogen) atoms. The zero-order chi connectivity index (χ0) is 26.4. The van der Waals surface area contributed by atoms with E-state index in [0.717, 1.165) is 11.8 Å². The van der Waals surface area contributed by atoms with Gasteiger partial charge in [-0.2, -0.15) is 0 Å². The summed E-state index contributed by atoms with van der Waals surface area (Å²) in [6.45, 7) is 0. The van der Waals surface area contributed by atoms with E-state index in [2.05, 4.69) is 10.3 Å². The van der Waals surface area contributed by atoms with Crippen molar-refractivity contribution in [2.24, 2.45) is 4.99 Å². The molecule has 1 atom stereocenters. The predicted octanol–water partition coefficient (Wildman–Crippen LogP) is 3.85. The number of esters is 2. The van der Waals surface area contributed by atoms with Crippen LogP contribution in [0.3, 0.4) is 0 Å². The Kier molecular flexibility index (Phi) is 8.46. The zero-order valence-corrected chi connectivity index (χ0v) is 20.7. The third-order valence-corrected chi connectivity index (χ3v) is 6.23. The number of nitro groups is 1. The van der Waals surface area contributed by atoms with Crippen LogP contribution in [0.1, 0.15) is 11.1 Å². The summed E-state index contributed by atoms with van der Waals surface area (Å²) in [4.78, 5) is 42.8. The number of rotatable bonds is 8. The molecule has 0 saturated heterocycles. The summed E-state index contributed by atoms with van der Waals surface area (Å²) in [6.07, 6.45) is 0.902. The minimum absolute atomic E-state index is 0.0228. The number of para-hydroxylation sites is 1. The van der Waals surface area contributed by atoms with E-state index in [1.807, 2.05) is 18.2 Å². The number of carbonyl (C=O) groups is 2. The van der Waals surface area contributed by atoms with Crippen LogP contribution in [0.25, 0.3) is 6.08 Å². The fourth-order valence-corrected chi connectivity index (χ4v) is 4.67. The van der Waals surface area contributed by atoms with Gasteiger partial charge in [-0.1, -0.05) is 30.0 Å². The Morgan fingerprint density at radius 1 is 1.14 bits per heavy atom. The van der Waals surface area contributed by atoms with Crippen molar-refractivity contribution >= 4 is 51.9 Å². The minimum Gasteiger partial charge on any atom is -0.516 e. The Morgan fingerprint density at radius 3 is 2.36 bits per heavy atom. The van der Waals surface area contributed by atoms with Gasteiger partial charge in [-0.3, -0.25) is 20.0 Å². The minimum atomic E-state index is -0.961. The van der Waals surface area contributed by atoms with E-state index in [1.54, 1.807) is 31.1 Å². The largest absolute Gasteiger partial charge is 0.516 e. The number of hydrogen-bond donors (Lipinski definition) is 2. The molecular weight excluding hydrogens is 488 g/mol. The molecule has 0 radical (unpaired) electrons. The van der Waals surface area contributed by atoms with Crippen LogP contribution in [0.5, 0.6) is 0 Å². The predicted molar refractivity (Wildman–Crippen MR) is 137 cm³/mol. The monoisotopic (exact) mass is 512 g/mol. The number of aliphatic hydroxyl groups is 1. The maximum atomic E-state index is 12.7. The summed E-state index contributed by atoms with van der Waals surface area (Å²) >= 11 is 0.825. The molecule has 0 spiro atoms. The number of benzene rings is 2. The fourth-order valence-electron chi connectivity index (χ4n) is 3.54. The van der Waals surface area contributed by atoms with Gasteiger partial charge in [-0.15, -0.1) is 0 Å². The summed E-state index contributed by atoms with van der Waals surface area (Å²) in [7, 11) is 5.68. The van der Waals surface area contributed by atoms with E-state index >= 15 is 0 Å². The first kappa shape index (κ1) is 26.4. The lowest BCUT2D eigenvalue weighted by atomic mass is 10.0. The van der Waals surface area contributed by atoms with Crippen molar-refractivity contribution in [2.75, 3.05) is 33.6 Å². The van der Waals surface area contributed by atoms with Crippen LogP contribution < -0.4 is 5.32 Å². The van der Waals surface area contributed by atoms with E-state index in [0.29, 0.717) is 17.6 Å². The molecule has 2 aromatic rings. The summed E-state index contributed by atoms with van der Waals surface area (Å²) in [6, 6.07) is 11.9. The van der Waals surface area contributed by atoms with Crippen LogP contribution in [0, 0.1) is 10.1 Å². The van der Waals surface area contributed by atoms with Crippen LogP contribution in [0.4, 0.5) is 17.1 Å². The summed E-state index contributed by atoms with van der Waals surface area (Å²) in [5.41, 5.74) is 1.11. The van der Waals surface area contributed by atoms with Crippen molar-refractivity contribution in [1.29, 1.82) is 0 Å². The molecule has 0 aromatic heterocycles. The Balaban J connectivity index is 2.33. The third-order valence-electron chi connectivity index (χ3n) is 5.13. The highest BCUT2D eigenvalue weighted by Crippen LogP contribution is 2.41. The molecule has 12 heteroatoms. The van der Waals surface area contributed by atoms with E-state index < -0.39 is 23.0 Å². The number of nitrogens with one attached hydrogen (secondary N) is 1. The van der Waals surface area contributed by atoms with Crippen LogP contribution in [0.15, 0.2) is 64.2 Å². The summed E-state index contributed by atoms with van der Waals surface area (Å²) < 4.78 is 9.81. The summed E-state index contributed by atoms with van der Waals surface area (Å²) in [5.74, 6) is -1.55. The lowest BCUT2D eigenvalue weighted by Gasteiger charge is -2.29. The number of anilines is 2. The molecule has 1 unspecified atom stereocenters. The van der Waals surface area contributed by atoms with Crippen molar-refractivity contribution in [3.05, 3.63) is 80.4 Å². The average molecular weight is 513 g/mol. The number of aliphatic hydroxyl groups excluding tert-OH is 1. The van der Waals surface area contributed by atoms with E-state index in [-0.39, 0.29) is 32.3 Å². The SMILES string of the molecule is COC(=O)C1=C(C(=O)OC)C(N(C)C)N=C(c2c(Nc3ccccc3)ccc([N+](=O)[O-])c2C=CO)S1. The molecule has 1 heterocycles. The number of hydrogen-bond acceptors (Lipinski definition) is 11. The molecule has 0 fully saturated rings. The molecule has 0 aliphatic carbocycles. The van der Waals surface area contributed by atoms with Crippen LogP contribution in [0.2, 0.25) is 0 Å². The molecule has 0 amide bonds. The number of thioether (sulfide) groups is 1. The molecular formula is C24H24N4O7S. The summed E-state index contributed by atoms with van der Waals surface area (Å²) in [5, 5.41) is 24.8. The molecule has 1 aliphatic rings. The molecule has 11 nitrogen and oxygen atoms in total. The average Bonchev–Trinajstić information content (AvgIpc) is 2.87. The second kappa shape index (κ2) is 11.5. The second-order valence-corrected chi connectivity index (χ2v) is 8.58. The van der Waals surface area contributed by atoms with Gasteiger partial charge >= 0.3 is 11.9 Å². The van der Waals surface area contributed by atoms with E-state index in [9.17, 15) is 24.8 Å². The number of carbonyl (C=O) groups excluding carboxylic acids is 2. The van der Waals surface area contributed by atoms with Gasteiger partial charge in [0.2, 0.25) is 0 Å². The van der Waals surface area contributed by atoms with Crippen molar-refractivity contribution < 1.29 is 29.1 Å². The van der Waals surface area contributed by atoms with E-state index in [4.69, 9.17) is 9.47 Å². The van der Waals surface area contributed by atoms with Gasteiger partial charge in [-0.05, 0) is 38.4 Å². The van der Waals surface area contributed by atoms with Crippen molar-refractivity contribution in [2.45, 2.75) is 6.17 Å². The molecule has 1 aliphatic heterocycles.